The normalized spacial score (nSPS) is 11.9. The maximum Gasteiger partial charge on any atom is 0.332 e. The van der Waals surface area contributed by atoms with E-state index in [1.807, 2.05) is 0 Å². The zero-order valence-corrected chi connectivity index (χ0v) is 9.85. The monoisotopic (exact) mass is 259 g/mol. The Hall–Kier alpha value is -1.96. The summed E-state index contributed by atoms with van der Waals surface area (Å²) in [6, 6.07) is -0.806. The van der Waals surface area contributed by atoms with Crippen LogP contribution in [0.15, 0.2) is 0 Å². The molecule has 0 aromatic carbocycles. The van der Waals surface area contributed by atoms with Crippen molar-refractivity contribution in [1.82, 2.24) is 9.97 Å². The van der Waals surface area contributed by atoms with Crippen molar-refractivity contribution in [3.8, 4) is 0 Å². The first-order chi connectivity index (χ1) is 7.82. The van der Waals surface area contributed by atoms with Crippen LogP contribution in [-0.4, -0.2) is 26.8 Å². The summed E-state index contributed by atoms with van der Waals surface area (Å²) >= 11 is 5.59. The van der Waals surface area contributed by atoms with E-state index in [9.17, 15) is 14.9 Å². The lowest BCUT2D eigenvalue weighted by atomic mass is 10.3. The molecule has 1 rings (SSSR count). The van der Waals surface area contributed by atoms with Gasteiger partial charge in [0.05, 0.1) is 4.92 Å². The molecular formula is C8H10ClN5O3. The summed E-state index contributed by atoms with van der Waals surface area (Å²) in [6.45, 7) is 2.88. The summed E-state index contributed by atoms with van der Waals surface area (Å²) in [5, 5.41) is 13.2. The molecule has 0 radical (unpaired) electrons. The summed E-state index contributed by atoms with van der Waals surface area (Å²) in [7, 11) is 0. The van der Waals surface area contributed by atoms with Gasteiger partial charge in [-0.05, 0) is 25.4 Å². The van der Waals surface area contributed by atoms with Crippen LogP contribution in [-0.2, 0) is 4.79 Å². The van der Waals surface area contributed by atoms with E-state index in [0.29, 0.717) is 0 Å². The van der Waals surface area contributed by atoms with E-state index in [-0.39, 0.29) is 22.5 Å². The molecule has 1 amide bonds. The Labute approximate surface area is 101 Å². The molecule has 1 heterocycles. The topological polar surface area (TPSA) is 124 Å². The number of hydrogen-bond donors (Lipinski definition) is 2. The standard InChI is InChI=1S/C8H10ClN5O3/c1-3-5(14(16)17)7(13-8(9)12-3)11-4(2)6(10)15/h4H,1-2H3,(H2,10,15)(H,11,12,13). The van der Waals surface area contributed by atoms with Crippen molar-refractivity contribution in [2.24, 2.45) is 5.73 Å². The number of nitrogens with two attached hydrogens (primary N) is 1. The summed E-state index contributed by atoms with van der Waals surface area (Å²) in [4.78, 5) is 28.4. The van der Waals surface area contributed by atoms with Crippen molar-refractivity contribution < 1.29 is 9.72 Å². The van der Waals surface area contributed by atoms with Crippen molar-refractivity contribution in [3.63, 3.8) is 0 Å². The van der Waals surface area contributed by atoms with Gasteiger partial charge < -0.3 is 11.1 Å². The van der Waals surface area contributed by atoms with Gasteiger partial charge in [-0.1, -0.05) is 0 Å². The van der Waals surface area contributed by atoms with Gasteiger partial charge in [0.1, 0.15) is 11.7 Å². The van der Waals surface area contributed by atoms with Gasteiger partial charge in [-0.15, -0.1) is 0 Å². The zero-order chi connectivity index (χ0) is 13.2. The maximum atomic E-state index is 10.9. The van der Waals surface area contributed by atoms with Crippen LogP contribution in [0.2, 0.25) is 5.28 Å². The van der Waals surface area contributed by atoms with Crippen molar-refractivity contribution in [3.05, 3.63) is 21.1 Å². The molecule has 0 bridgehead atoms. The number of nitrogens with zero attached hydrogens (tertiary/aromatic N) is 3. The summed E-state index contributed by atoms with van der Waals surface area (Å²) < 4.78 is 0. The molecule has 92 valence electrons. The second kappa shape index (κ2) is 4.91. The number of nitrogens with one attached hydrogen (secondary N) is 1. The number of rotatable bonds is 4. The van der Waals surface area contributed by atoms with Crippen LogP contribution in [0.3, 0.4) is 0 Å². The van der Waals surface area contributed by atoms with Crippen molar-refractivity contribution in [2.75, 3.05) is 5.32 Å². The summed E-state index contributed by atoms with van der Waals surface area (Å²) in [6.07, 6.45) is 0. The third kappa shape index (κ3) is 3.00. The molecule has 9 heteroatoms. The third-order valence-corrected chi connectivity index (χ3v) is 2.16. The Morgan fingerprint density at radius 1 is 1.59 bits per heavy atom. The van der Waals surface area contributed by atoms with E-state index < -0.39 is 16.9 Å². The maximum absolute atomic E-state index is 10.9. The minimum Gasteiger partial charge on any atom is -0.368 e. The van der Waals surface area contributed by atoms with E-state index in [1.54, 1.807) is 0 Å². The molecule has 8 nitrogen and oxygen atoms in total. The van der Waals surface area contributed by atoms with Crippen LogP contribution < -0.4 is 11.1 Å². The number of aryl methyl sites for hydroxylation is 1. The quantitative estimate of drug-likeness (QED) is 0.464. The van der Waals surface area contributed by atoms with E-state index >= 15 is 0 Å². The molecule has 1 atom stereocenters. The number of halogens is 1. The van der Waals surface area contributed by atoms with Gasteiger partial charge in [-0.25, -0.2) is 4.98 Å². The zero-order valence-electron chi connectivity index (χ0n) is 9.10. The van der Waals surface area contributed by atoms with Crippen LogP contribution in [0, 0.1) is 17.0 Å². The van der Waals surface area contributed by atoms with Gasteiger partial charge in [-0.3, -0.25) is 14.9 Å². The fraction of sp³-hybridized carbons (Fsp3) is 0.375. The predicted molar refractivity (Wildman–Crippen MR) is 60.7 cm³/mol. The van der Waals surface area contributed by atoms with Crippen molar-refractivity contribution >= 4 is 29.0 Å². The van der Waals surface area contributed by atoms with Gasteiger partial charge in [0, 0.05) is 0 Å². The highest BCUT2D eigenvalue weighted by molar-refractivity contribution is 6.28. The van der Waals surface area contributed by atoms with E-state index in [2.05, 4.69) is 15.3 Å². The van der Waals surface area contributed by atoms with Crippen LogP contribution >= 0.6 is 11.6 Å². The van der Waals surface area contributed by atoms with E-state index in [4.69, 9.17) is 17.3 Å². The molecule has 17 heavy (non-hydrogen) atoms. The number of anilines is 1. The lowest BCUT2D eigenvalue weighted by molar-refractivity contribution is -0.385. The largest absolute Gasteiger partial charge is 0.368 e. The average molecular weight is 260 g/mol. The van der Waals surface area contributed by atoms with E-state index in [0.717, 1.165) is 0 Å². The Morgan fingerprint density at radius 2 is 2.18 bits per heavy atom. The molecule has 1 unspecified atom stereocenters. The number of carbonyl (C=O) groups is 1. The summed E-state index contributed by atoms with van der Waals surface area (Å²) in [5.41, 5.74) is 4.81. The smallest absolute Gasteiger partial charge is 0.332 e. The highest BCUT2D eigenvalue weighted by Crippen LogP contribution is 2.26. The molecule has 1 aromatic heterocycles. The molecular weight excluding hydrogens is 250 g/mol. The SMILES string of the molecule is Cc1nc(Cl)nc(NC(C)C(N)=O)c1[N+](=O)[O-]. The predicted octanol–water partition coefficient (Wildman–Crippen LogP) is 0.632. The molecule has 0 fully saturated rings. The molecule has 0 aliphatic heterocycles. The minimum atomic E-state index is -0.806. The lowest BCUT2D eigenvalue weighted by Crippen LogP contribution is -2.33. The molecule has 0 spiro atoms. The molecule has 0 saturated carbocycles. The molecule has 0 aliphatic rings. The highest BCUT2D eigenvalue weighted by Gasteiger charge is 2.23. The third-order valence-electron chi connectivity index (χ3n) is 1.99. The lowest BCUT2D eigenvalue weighted by Gasteiger charge is -2.11. The fourth-order valence-electron chi connectivity index (χ4n) is 1.13. The number of amides is 1. The number of carbonyl (C=O) groups excluding carboxylic acids is 1. The fourth-order valence-corrected chi connectivity index (χ4v) is 1.34. The van der Waals surface area contributed by atoms with Crippen LogP contribution in [0.1, 0.15) is 12.6 Å². The van der Waals surface area contributed by atoms with Gasteiger partial charge >= 0.3 is 5.69 Å². The summed E-state index contributed by atoms with van der Waals surface area (Å²) in [5.74, 6) is -0.787. The number of nitro groups is 1. The molecule has 1 aromatic rings. The highest BCUT2D eigenvalue weighted by atomic mass is 35.5. The molecule has 0 aliphatic carbocycles. The number of hydrogen-bond acceptors (Lipinski definition) is 6. The first kappa shape index (κ1) is 13.1. The Morgan fingerprint density at radius 3 is 2.65 bits per heavy atom. The van der Waals surface area contributed by atoms with Gasteiger partial charge in [-0.2, -0.15) is 4.98 Å². The van der Waals surface area contributed by atoms with Gasteiger partial charge in [0.2, 0.25) is 17.0 Å². The van der Waals surface area contributed by atoms with Crippen LogP contribution in [0.25, 0.3) is 0 Å². The Balaban J connectivity index is 3.21. The second-order valence-corrected chi connectivity index (χ2v) is 3.64. The van der Waals surface area contributed by atoms with E-state index in [1.165, 1.54) is 13.8 Å². The Kier molecular flexibility index (Phi) is 3.79. The Bertz CT molecular complexity index is 478. The average Bonchev–Trinajstić information content (AvgIpc) is 2.14. The van der Waals surface area contributed by atoms with Gasteiger partial charge in [0.15, 0.2) is 0 Å². The van der Waals surface area contributed by atoms with Gasteiger partial charge in [0.25, 0.3) is 0 Å². The minimum absolute atomic E-state index is 0.106. The van der Waals surface area contributed by atoms with Crippen molar-refractivity contribution in [2.45, 2.75) is 19.9 Å². The molecule has 3 N–H and O–H groups in total. The van der Waals surface area contributed by atoms with Crippen LogP contribution in [0.5, 0.6) is 0 Å². The molecule has 0 saturated heterocycles. The number of primary amides is 1. The first-order valence-electron chi connectivity index (χ1n) is 4.57. The number of aromatic nitrogens is 2. The van der Waals surface area contributed by atoms with Crippen LogP contribution in [0.4, 0.5) is 11.5 Å². The van der Waals surface area contributed by atoms with Crippen molar-refractivity contribution in [1.29, 1.82) is 0 Å². The first-order valence-corrected chi connectivity index (χ1v) is 4.95. The second-order valence-electron chi connectivity index (χ2n) is 3.30.